The maximum absolute atomic E-state index is 13.2. The van der Waals surface area contributed by atoms with Gasteiger partial charge in [0.2, 0.25) is 0 Å². The summed E-state index contributed by atoms with van der Waals surface area (Å²) >= 11 is 0. The highest BCUT2D eigenvalue weighted by Crippen LogP contribution is 2.28. The van der Waals surface area contributed by atoms with Gasteiger partial charge in [-0.05, 0) is 25.1 Å². The van der Waals surface area contributed by atoms with Crippen molar-refractivity contribution in [2.45, 2.75) is 13.3 Å². The fourth-order valence-electron chi connectivity index (χ4n) is 2.64. The molecule has 0 saturated carbocycles. The molecule has 0 spiro atoms. The lowest BCUT2D eigenvalue weighted by Crippen LogP contribution is -2.26. The second-order valence-electron chi connectivity index (χ2n) is 5.85. The zero-order valence-corrected chi connectivity index (χ0v) is 15.0. The molecule has 0 atom stereocenters. The number of pyridine rings is 1. The predicted molar refractivity (Wildman–Crippen MR) is 97.9 cm³/mol. The Morgan fingerprint density at radius 2 is 1.86 bits per heavy atom. The van der Waals surface area contributed by atoms with E-state index in [-0.39, 0.29) is 28.2 Å². The third-order valence-corrected chi connectivity index (χ3v) is 3.94. The van der Waals surface area contributed by atoms with Crippen molar-refractivity contribution in [2.75, 3.05) is 5.43 Å². The zero-order valence-electron chi connectivity index (χ0n) is 15.0. The van der Waals surface area contributed by atoms with Crippen LogP contribution in [0.2, 0.25) is 0 Å². The SMILES string of the molecule is Cc1nc(-c2ncccn2)ncc1OC(=O)Nn1cc(C(F)F)c2cccnc21. The lowest BCUT2D eigenvalue weighted by molar-refractivity contribution is 0.153. The van der Waals surface area contributed by atoms with E-state index < -0.39 is 12.5 Å². The number of halogens is 2. The molecule has 0 aromatic carbocycles. The molecule has 1 amide bonds. The maximum atomic E-state index is 13.2. The van der Waals surface area contributed by atoms with Gasteiger partial charge in [-0.25, -0.2) is 48.6 Å². The Morgan fingerprint density at radius 3 is 2.59 bits per heavy atom. The van der Waals surface area contributed by atoms with Crippen LogP contribution in [0.1, 0.15) is 17.7 Å². The average Bonchev–Trinajstić information content (AvgIpc) is 3.09. The van der Waals surface area contributed by atoms with Crippen molar-refractivity contribution in [3.05, 3.63) is 60.4 Å². The lowest BCUT2D eigenvalue weighted by atomic mass is 10.2. The Kier molecular flexibility index (Phi) is 4.77. The van der Waals surface area contributed by atoms with Crippen molar-refractivity contribution in [2.24, 2.45) is 0 Å². The van der Waals surface area contributed by atoms with Gasteiger partial charge in [-0.2, -0.15) is 0 Å². The summed E-state index contributed by atoms with van der Waals surface area (Å²) in [5, 5.41) is 0.231. The van der Waals surface area contributed by atoms with Gasteiger partial charge in [0.05, 0.1) is 11.9 Å². The van der Waals surface area contributed by atoms with E-state index >= 15 is 0 Å². The van der Waals surface area contributed by atoms with E-state index in [1.807, 2.05) is 0 Å². The molecule has 4 heterocycles. The van der Waals surface area contributed by atoms with Gasteiger partial charge in [-0.3, -0.25) is 0 Å². The molecule has 0 aliphatic carbocycles. The van der Waals surface area contributed by atoms with Crippen LogP contribution in [0.25, 0.3) is 22.7 Å². The number of amides is 1. The number of aryl methyl sites for hydroxylation is 1. The van der Waals surface area contributed by atoms with Gasteiger partial charge in [0.15, 0.2) is 23.0 Å². The predicted octanol–water partition coefficient (Wildman–Crippen LogP) is 3.27. The molecule has 4 aromatic heterocycles. The van der Waals surface area contributed by atoms with Crippen molar-refractivity contribution in [3.63, 3.8) is 0 Å². The number of nitrogens with one attached hydrogen (secondary N) is 1. The van der Waals surface area contributed by atoms with Gasteiger partial charge in [0.1, 0.15) is 0 Å². The van der Waals surface area contributed by atoms with E-state index in [2.05, 4.69) is 30.3 Å². The van der Waals surface area contributed by atoms with Crippen LogP contribution in [0.15, 0.2) is 49.2 Å². The van der Waals surface area contributed by atoms with Crippen LogP contribution in [-0.4, -0.2) is 35.7 Å². The van der Waals surface area contributed by atoms with Crippen LogP contribution in [-0.2, 0) is 0 Å². The Labute approximate surface area is 162 Å². The summed E-state index contributed by atoms with van der Waals surface area (Å²) < 4.78 is 32.7. The summed E-state index contributed by atoms with van der Waals surface area (Å²) in [4.78, 5) is 32.7. The number of carbonyl (C=O) groups excluding carboxylic acids is 1. The first-order chi connectivity index (χ1) is 14.0. The number of nitrogens with zero attached hydrogens (tertiary/aromatic N) is 6. The number of alkyl halides is 2. The number of hydrogen-bond acceptors (Lipinski definition) is 7. The molecule has 0 bridgehead atoms. The molecule has 4 aromatic rings. The molecule has 0 radical (unpaired) electrons. The first-order valence-electron chi connectivity index (χ1n) is 8.37. The molecule has 0 saturated heterocycles. The van der Waals surface area contributed by atoms with Crippen molar-refractivity contribution in [1.29, 1.82) is 0 Å². The first-order valence-corrected chi connectivity index (χ1v) is 8.37. The molecule has 0 unspecified atom stereocenters. The van der Waals surface area contributed by atoms with Gasteiger partial charge in [-0.1, -0.05) is 0 Å². The number of carbonyl (C=O) groups is 1. The maximum Gasteiger partial charge on any atom is 0.432 e. The van der Waals surface area contributed by atoms with Crippen molar-refractivity contribution >= 4 is 17.1 Å². The molecular formula is C18H13F2N7O2. The standard InChI is InChI=1S/C18H13F2N7O2/c1-10-13(8-24-16(25-10)15-21-6-3-7-22-15)29-18(28)26-27-9-12(14(19)20)11-4-2-5-23-17(11)27/h2-9,14H,1H3,(H,26,28). The lowest BCUT2D eigenvalue weighted by Gasteiger charge is -2.10. The first kappa shape index (κ1) is 18.3. The van der Waals surface area contributed by atoms with Crippen LogP contribution < -0.4 is 10.2 Å². The number of hydrogen-bond donors (Lipinski definition) is 1. The second-order valence-corrected chi connectivity index (χ2v) is 5.85. The Bertz CT molecular complexity index is 1180. The van der Waals surface area contributed by atoms with Gasteiger partial charge < -0.3 is 4.74 Å². The number of aromatic nitrogens is 6. The Hall–Kier alpha value is -4.02. The van der Waals surface area contributed by atoms with E-state index in [0.717, 1.165) is 10.9 Å². The van der Waals surface area contributed by atoms with Crippen LogP contribution in [0.3, 0.4) is 0 Å². The van der Waals surface area contributed by atoms with Crippen LogP contribution in [0.5, 0.6) is 5.75 Å². The summed E-state index contributed by atoms with van der Waals surface area (Å²) in [5.74, 6) is 0.703. The molecule has 0 aliphatic rings. The average molecular weight is 397 g/mol. The topological polar surface area (TPSA) is 108 Å². The smallest absolute Gasteiger partial charge is 0.406 e. The third kappa shape index (κ3) is 3.70. The van der Waals surface area contributed by atoms with Crippen molar-refractivity contribution in [1.82, 2.24) is 29.6 Å². The highest BCUT2D eigenvalue weighted by Gasteiger charge is 2.19. The molecule has 9 nitrogen and oxygen atoms in total. The number of ether oxygens (including phenoxy) is 1. The normalized spacial score (nSPS) is 11.0. The fraction of sp³-hybridized carbons (Fsp3) is 0.111. The van der Waals surface area contributed by atoms with Gasteiger partial charge >= 0.3 is 6.09 Å². The van der Waals surface area contributed by atoms with Crippen molar-refractivity contribution < 1.29 is 18.3 Å². The van der Waals surface area contributed by atoms with E-state index in [1.165, 1.54) is 24.5 Å². The van der Waals surface area contributed by atoms with Crippen LogP contribution in [0, 0.1) is 6.92 Å². The minimum absolute atomic E-state index is 0.0979. The quantitative estimate of drug-likeness (QED) is 0.563. The summed E-state index contributed by atoms with van der Waals surface area (Å²) in [6.45, 7) is 1.62. The fourth-order valence-corrected chi connectivity index (χ4v) is 2.64. The zero-order chi connectivity index (χ0) is 20.4. The van der Waals surface area contributed by atoms with Gasteiger partial charge in [0.25, 0.3) is 6.43 Å². The Balaban J connectivity index is 1.54. The summed E-state index contributed by atoms with van der Waals surface area (Å²) in [7, 11) is 0. The largest absolute Gasteiger partial charge is 0.432 e. The van der Waals surface area contributed by atoms with Gasteiger partial charge in [0, 0.05) is 35.7 Å². The highest BCUT2D eigenvalue weighted by atomic mass is 19.3. The van der Waals surface area contributed by atoms with Gasteiger partial charge in [-0.15, -0.1) is 0 Å². The molecule has 11 heteroatoms. The van der Waals surface area contributed by atoms with Crippen LogP contribution >= 0.6 is 0 Å². The molecule has 1 N–H and O–H groups in total. The van der Waals surface area contributed by atoms with E-state index in [0.29, 0.717) is 11.5 Å². The molecule has 146 valence electrons. The summed E-state index contributed by atoms with van der Waals surface area (Å²) in [5.41, 5.74) is 2.66. The summed E-state index contributed by atoms with van der Waals surface area (Å²) in [6, 6.07) is 4.70. The van der Waals surface area contributed by atoms with E-state index in [9.17, 15) is 13.6 Å². The van der Waals surface area contributed by atoms with E-state index in [4.69, 9.17) is 4.74 Å². The minimum Gasteiger partial charge on any atom is -0.406 e. The minimum atomic E-state index is -2.72. The second kappa shape index (κ2) is 7.54. The third-order valence-electron chi connectivity index (χ3n) is 3.94. The molecular weight excluding hydrogens is 384 g/mol. The summed E-state index contributed by atoms with van der Waals surface area (Å²) in [6.07, 6.45) is 3.33. The molecule has 0 fully saturated rings. The highest BCUT2D eigenvalue weighted by molar-refractivity contribution is 5.85. The molecule has 0 aliphatic heterocycles. The van der Waals surface area contributed by atoms with Crippen molar-refractivity contribution in [3.8, 4) is 17.4 Å². The monoisotopic (exact) mass is 397 g/mol. The Morgan fingerprint density at radius 1 is 1.10 bits per heavy atom. The molecule has 29 heavy (non-hydrogen) atoms. The van der Waals surface area contributed by atoms with E-state index in [1.54, 1.807) is 25.4 Å². The number of rotatable bonds is 4. The molecule has 4 rings (SSSR count). The van der Waals surface area contributed by atoms with Crippen LogP contribution in [0.4, 0.5) is 13.6 Å². The number of fused-ring (bicyclic) bond motifs is 1.